The van der Waals surface area contributed by atoms with Crippen LogP contribution in [0.3, 0.4) is 0 Å². The lowest BCUT2D eigenvalue weighted by molar-refractivity contribution is -0.145. The molecule has 1 aromatic carbocycles. The fraction of sp³-hybridized carbons (Fsp3) is 0.806. The first-order valence-electron chi connectivity index (χ1n) is 17.8. The van der Waals surface area contributed by atoms with Crippen LogP contribution in [0, 0.1) is 0 Å². The topological polar surface area (TPSA) is 108 Å². The third kappa shape index (κ3) is 29.3. The van der Waals surface area contributed by atoms with Gasteiger partial charge < -0.3 is 38.9 Å². The summed E-state index contributed by atoms with van der Waals surface area (Å²) in [6, 6.07) is 7.39. The van der Waals surface area contributed by atoms with Gasteiger partial charge in [-0.1, -0.05) is 109 Å². The molecular weight excluding hydrogens is 574 g/mol. The number of ether oxygens (including phenoxy) is 7. The van der Waals surface area contributed by atoms with E-state index in [-0.39, 0.29) is 5.97 Å². The maximum Gasteiger partial charge on any atom is 0.305 e. The second-order valence-electron chi connectivity index (χ2n) is 11.4. The molecule has 0 saturated heterocycles. The zero-order valence-corrected chi connectivity index (χ0v) is 28.5. The summed E-state index contributed by atoms with van der Waals surface area (Å²) in [5.41, 5.74) is 6.44. The number of hydrogen-bond acceptors (Lipinski definition) is 9. The first kappa shape index (κ1) is 41.1. The minimum atomic E-state index is -0.127. The Morgan fingerprint density at radius 2 is 0.889 bits per heavy atom. The van der Waals surface area contributed by atoms with Crippen LogP contribution in [0.1, 0.15) is 110 Å². The molecule has 0 aromatic heterocycles. The van der Waals surface area contributed by atoms with E-state index in [1.54, 1.807) is 6.07 Å². The molecule has 262 valence electrons. The van der Waals surface area contributed by atoms with Gasteiger partial charge in [0.1, 0.15) is 19.0 Å². The van der Waals surface area contributed by atoms with Crippen molar-refractivity contribution in [1.82, 2.24) is 0 Å². The van der Waals surface area contributed by atoms with Gasteiger partial charge in [-0.2, -0.15) is 0 Å². The molecule has 1 aromatic rings. The van der Waals surface area contributed by atoms with Crippen molar-refractivity contribution in [3.8, 4) is 5.75 Å². The van der Waals surface area contributed by atoms with Crippen LogP contribution in [0.25, 0.3) is 0 Å². The molecule has 0 aliphatic rings. The van der Waals surface area contributed by atoms with Gasteiger partial charge in [0.05, 0.1) is 71.8 Å². The lowest BCUT2D eigenvalue weighted by Gasteiger charge is -2.09. The van der Waals surface area contributed by atoms with Crippen LogP contribution in [0.5, 0.6) is 5.75 Å². The number of rotatable bonds is 35. The highest BCUT2D eigenvalue weighted by atomic mass is 16.6. The average molecular weight is 640 g/mol. The minimum Gasteiger partial charge on any atom is -0.489 e. The van der Waals surface area contributed by atoms with Gasteiger partial charge in [0, 0.05) is 6.42 Å². The smallest absolute Gasteiger partial charge is 0.305 e. The zero-order chi connectivity index (χ0) is 32.3. The fourth-order valence-electron chi connectivity index (χ4n) is 4.73. The van der Waals surface area contributed by atoms with Gasteiger partial charge in [-0.3, -0.25) is 4.79 Å². The normalized spacial score (nSPS) is 11.2. The van der Waals surface area contributed by atoms with Crippen molar-refractivity contribution in [2.75, 3.05) is 85.0 Å². The maximum absolute atomic E-state index is 11.9. The third-order valence-corrected chi connectivity index (χ3v) is 7.37. The molecule has 45 heavy (non-hydrogen) atoms. The van der Waals surface area contributed by atoms with Crippen molar-refractivity contribution in [3.63, 3.8) is 0 Å². The number of carbonyl (C=O) groups is 1. The summed E-state index contributed by atoms with van der Waals surface area (Å²) < 4.78 is 38.2. The predicted molar refractivity (Wildman–Crippen MR) is 181 cm³/mol. The highest BCUT2D eigenvalue weighted by molar-refractivity contribution is 5.69. The standard InChI is InChI=1S/C36H65NO8/c1-2-3-4-5-6-7-8-9-10-11-12-13-14-15-16-21-36(38)45-33-31-43-29-27-41-25-23-39-22-24-40-26-28-42-30-32-44-35-20-18-17-19-34(35)37/h17-20H,2-16,21-33,37H2,1H3. The second-order valence-corrected chi connectivity index (χ2v) is 11.4. The second kappa shape index (κ2) is 33.5. The lowest BCUT2D eigenvalue weighted by atomic mass is 10.0. The van der Waals surface area contributed by atoms with Crippen LogP contribution in [0.2, 0.25) is 0 Å². The van der Waals surface area contributed by atoms with Crippen LogP contribution < -0.4 is 10.5 Å². The van der Waals surface area contributed by atoms with Crippen LogP contribution in [0.4, 0.5) is 5.69 Å². The number of anilines is 1. The van der Waals surface area contributed by atoms with Gasteiger partial charge in [-0.05, 0) is 18.6 Å². The summed E-state index contributed by atoms with van der Waals surface area (Å²) in [4.78, 5) is 11.9. The first-order valence-corrected chi connectivity index (χ1v) is 17.8. The average Bonchev–Trinajstić information content (AvgIpc) is 3.04. The Morgan fingerprint density at radius 3 is 1.33 bits per heavy atom. The molecule has 0 saturated carbocycles. The molecule has 0 heterocycles. The van der Waals surface area contributed by atoms with Crippen LogP contribution in [0.15, 0.2) is 24.3 Å². The minimum absolute atomic E-state index is 0.127. The Kier molecular flexibility index (Phi) is 30.6. The van der Waals surface area contributed by atoms with Gasteiger partial charge in [0.25, 0.3) is 0 Å². The zero-order valence-electron chi connectivity index (χ0n) is 28.5. The third-order valence-electron chi connectivity index (χ3n) is 7.37. The van der Waals surface area contributed by atoms with E-state index >= 15 is 0 Å². The summed E-state index contributed by atoms with van der Waals surface area (Å²) in [6.07, 6.45) is 20.3. The summed E-state index contributed by atoms with van der Waals surface area (Å²) in [6.45, 7) is 7.79. The van der Waals surface area contributed by atoms with E-state index < -0.39 is 0 Å². The maximum atomic E-state index is 11.9. The Morgan fingerprint density at radius 1 is 0.511 bits per heavy atom. The molecule has 9 nitrogen and oxygen atoms in total. The first-order chi connectivity index (χ1) is 22.2. The molecule has 1 rings (SSSR count). The van der Waals surface area contributed by atoms with Crippen molar-refractivity contribution in [1.29, 1.82) is 0 Å². The number of benzene rings is 1. The van der Waals surface area contributed by atoms with Crippen molar-refractivity contribution < 1.29 is 38.0 Å². The monoisotopic (exact) mass is 639 g/mol. The Bertz CT molecular complexity index is 766. The van der Waals surface area contributed by atoms with Crippen LogP contribution in [-0.4, -0.2) is 85.3 Å². The molecule has 9 heteroatoms. The number of hydrogen-bond donors (Lipinski definition) is 1. The van der Waals surface area contributed by atoms with E-state index in [9.17, 15) is 4.79 Å². The highest BCUT2D eigenvalue weighted by Gasteiger charge is 2.03. The Hall–Kier alpha value is -1.91. The van der Waals surface area contributed by atoms with Gasteiger partial charge in [0.2, 0.25) is 0 Å². The van der Waals surface area contributed by atoms with E-state index in [0.29, 0.717) is 97.1 Å². The summed E-state index contributed by atoms with van der Waals surface area (Å²) in [5, 5.41) is 0. The van der Waals surface area contributed by atoms with Crippen molar-refractivity contribution in [2.24, 2.45) is 0 Å². The molecule has 0 atom stereocenters. The predicted octanol–water partition coefficient (Wildman–Crippen LogP) is 7.54. The van der Waals surface area contributed by atoms with Gasteiger partial charge in [-0.15, -0.1) is 0 Å². The largest absolute Gasteiger partial charge is 0.489 e. The van der Waals surface area contributed by atoms with Gasteiger partial charge in [0.15, 0.2) is 0 Å². The van der Waals surface area contributed by atoms with E-state index in [4.69, 9.17) is 38.9 Å². The SMILES string of the molecule is CCCCCCCCCCCCCCCCCC(=O)OCCOCCOCCOCCOCCOCCOc1ccccc1N. The summed E-state index contributed by atoms with van der Waals surface area (Å²) >= 11 is 0. The number of para-hydroxylation sites is 2. The highest BCUT2D eigenvalue weighted by Crippen LogP contribution is 2.19. The van der Waals surface area contributed by atoms with E-state index in [1.807, 2.05) is 18.2 Å². The molecule has 2 N–H and O–H groups in total. The molecule has 0 amide bonds. The van der Waals surface area contributed by atoms with Gasteiger partial charge in [-0.25, -0.2) is 0 Å². The van der Waals surface area contributed by atoms with Crippen molar-refractivity contribution >= 4 is 11.7 Å². The number of carbonyl (C=O) groups excluding carboxylic acids is 1. The summed E-state index contributed by atoms with van der Waals surface area (Å²) in [7, 11) is 0. The molecular formula is C36H65NO8. The molecule has 0 bridgehead atoms. The summed E-state index contributed by atoms with van der Waals surface area (Å²) in [5.74, 6) is 0.543. The van der Waals surface area contributed by atoms with Crippen LogP contribution in [-0.2, 0) is 33.2 Å². The Balaban J connectivity index is 1.68. The van der Waals surface area contributed by atoms with Crippen LogP contribution >= 0.6 is 0 Å². The van der Waals surface area contributed by atoms with Crippen molar-refractivity contribution in [3.05, 3.63) is 24.3 Å². The molecule has 0 aliphatic carbocycles. The van der Waals surface area contributed by atoms with E-state index in [2.05, 4.69) is 6.92 Å². The van der Waals surface area contributed by atoms with Gasteiger partial charge >= 0.3 is 5.97 Å². The van der Waals surface area contributed by atoms with Crippen molar-refractivity contribution in [2.45, 2.75) is 110 Å². The molecule has 0 spiro atoms. The van der Waals surface area contributed by atoms with E-state index in [1.165, 1.54) is 83.5 Å². The number of esters is 1. The number of nitrogen functional groups attached to an aromatic ring is 1. The Labute approximate surface area is 274 Å². The fourth-order valence-corrected chi connectivity index (χ4v) is 4.73. The van der Waals surface area contributed by atoms with E-state index in [0.717, 1.165) is 12.8 Å². The number of nitrogens with two attached hydrogens (primary N) is 1. The molecule has 0 fully saturated rings. The number of unbranched alkanes of at least 4 members (excludes halogenated alkanes) is 14. The quantitative estimate of drug-likeness (QED) is 0.0458. The molecule has 0 radical (unpaired) electrons. The molecule has 0 unspecified atom stereocenters. The lowest BCUT2D eigenvalue weighted by Crippen LogP contribution is -2.15. The molecule has 0 aliphatic heterocycles.